The summed E-state index contributed by atoms with van der Waals surface area (Å²) in [5.74, 6) is 0. The molecular weight excluding hydrogens is 142 g/mol. The van der Waals surface area contributed by atoms with Gasteiger partial charge in [0, 0.05) is 0 Å². The van der Waals surface area contributed by atoms with Gasteiger partial charge in [-0.2, -0.15) is 5.10 Å². The Kier molecular flexibility index (Phi) is 2.80. The topological polar surface area (TPSA) is 53.8 Å². The Hall–Kier alpha value is -1.71. The standard InChI is InChI=1S/C7H7N3O/c11-9-6-8-10-7-4-2-1-3-5-7/h1-6,10H/b8-6+. The first-order valence-corrected chi connectivity index (χ1v) is 3.08. The molecule has 0 heterocycles. The Morgan fingerprint density at radius 1 is 1.27 bits per heavy atom. The van der Waals surface area contributed by atoms with Gasteiger partial charge in [0.25, 0.3) is 0 Å². The Morgan fingerprint density at radius 2 is 2.00 bits per heavy atom. The lowest BCUT2D eigenvalue weighted by atomic mass is 10.3. The van der Waals surface area contributed by atoms with Gasteiger partial charge in [-0.1, -0.05) is 18.2 Å². The van der Waals surface area contributed by atoms with E-state index in [0.717, 1.165) is 12.0 Å². The van der Waals surface area contributed by atoms with Gasteiger partial charge >= 0.3 is 0 Å². The second-order valence-electron chi connectivity index (χ2n) is 1.83. The van der Waals surface area contributed by atoms with Crippen LogP contribution in [-0.4, -0.2) is 6.34 Å². The summed E-state index contributed by atoms with van der Waals surface area (Å²) < 4.78 is 0. The minimum Gasteiger partial charge on any atom is -0.277 e. The van der Waals surface area contributed by atoms with E-state index < -0.39 is 0 Å². The average molecular weight is 149 g/mol. The first kappa shape index (κ1) is 7.40. The summed E-state index contributed by atoms with van der Waals surface area (Å²) in [5, 5.41) is 5.95. The lowest BCUT2D eigenvalue weighted by Crippen LogP contribution is -1.86. The smallest absolute Gasteiger partial charge is 0.180 e. The Balaban J connectivity index is 2.51. The van der Waals surface area contributed by atoms with Crippen LogP contribution < -0.4 is 5.43 Å². The number of anilines is 1. The van der Waals surface area contributed by atoms with E-state index >= 15 is 0 Å². The van der Waals surface area contributed by atoms with Gasteiger partial charge < -0.3 is 0 Å². The molecule has 0 aliphatic heterocycles. The molecule has 1 aromatic carbocycles. The number of hydrogen-bond donors (Lipinski definition) is 1. The van der Waals surface area contributed by atoms with Crippen molar-refractivity contribution in [2.24, 2.45) is 10.3 Å². The molecular formula is C7H7N3O. The fourth-order valence-electron chi connectivity index (χ4n) is 0.640. The zero-order valence-electron chi connectivity index (χ0n) is 5.77. The molecule has 4 heteroatoms. The summed E-state index contributed by atoms with van der Waals surface area (Å²) >= 11 is 0. The first-order valence-electron chi connectivity index (χ1n) is 3.08. The first-order chi connectivity index (χ1) is 5.43. The van der Waals surface area contributed by atoms with Crippen molar-refractivity contribution in [2.75, 3.05) is 5.43 Å². The second kappa shape index (κ2) is 4.16. The largest absolute Gasteiger partial charge is 0.277 e. The van der Waals surface area contributed by atoms with Crippen LogP contribution in [0, 0.1) is 4.91 Å². The predicted molar refractivity (Wildman–Crippen MR) is 44.4 cm³/mol. The molecule has 0 unspecified atom stereocenters. The van der Waals surface area contributed by atoms with E-state index in [1.54, 1.807) is 0 Å². The van der Waals surface area contributed by atoms with E-state index in [1.807, 2.05) is 30.3 Å². The number of nitroso groups, excluding NO2 is 1. The Morgan fingerprint density at radius 3 is 2.64 bits per heavy atom. The number of para-hydroxylation sites is 1. The van der Waals surface area contributed by atoms with Crippen LogP contribution in [0.25, 0.3) is 0 Å². The highest BCUT2D eigenvalue weighted by Gasteiger charge is 1.82. The number of rotatable bonds is 3. The lowest BCUT2D eigenvalue weighted by molar-refractivity contribution is 1.34. The number of hydrogen-bond acceptors (Lipinski definition) is 3. The number of benzene rings is 1. The van der Waals surface area contributed by atoms with Crippen molar-refractivity contribution in [1.82, 2.24) is 0 Å². The molecule has 4 nitrogen and oxygen atoms in total. The predicted octanol–water partition coefficient (Wildman–Crippen LogP) is 1.81. The van der Waals surface area contributed by atoms with Gasteiger partial charge in [-0.25, -0.2) is 0 Å². The molecule has 0 aromatic heterocycles. The van der Waals surface area contributed by atoms with Crippen LogP contribution in [0.3, 0.4) is 0 Å². The molecule has 1 aromatic rings. The van der Waals surface area contributed by atoms with Gasteiger partial charge in [0.05, 0.1) is 5.69 Å². The van der Waals surface area contributed by atoms with Crippen LogP contribution >= 0.6 is 0 Å². The van der Waals surface area contributed by atoms with Crippen LogP contribution in [0.15, 0.2) is 40.6 Å². The van der Waals surface area contributed by atoms with Gasteiger partial charge in [0.1, 0.15) is 0 Å². The summed E-state index contributed by atoms with van der Waals surface area (Å²) in [6.07, 6.45) is 0.910. The molecule has 0 radical (unpaired) electrons. The van der Waals surface area contributed by atoms with Crippen molar-refractivity contribution in [2.45, 2.75) is 0 Å². The van der Waals surface area contributed by atoms with E-state index in [4.69, 9.17) is 0 Å². The zero-order valence-corrected chi connectivity index (χ0v) is 5.77. The molecule has 0 saturated carbocycles. The second-order valence-corrected chi connectivity index (χ2v) is 1.83. The number of nitrogens with one attached hydrogen (secondary N) is 1. The van der Waals surface area contributed by atoms with Gasteiger partial charge in [-0.3, -0.25) is 5.43 Å². The summed E-state index contributed by atoms with van der Waals surface area (Å²) in [6.45, 7) is 0. The van der Waals surface area contributed by atoms with Crippen molar-refractivity contribution >= 4 is 12.0 Å². The Labute approximate surface area is 63.9 Å². The third kappa shape index (κ3) is 2.57. The molecule has 0 bridgehead atoms. The molecule has 0 aliphatic carbocycles. The quantitative estimate of drug-likeness (QED) is 0.308. The third-order valence-electron chi connectivity index (χ3n) is 1.07. The third-order valence-corrected chi connectivity index (χ3v) is 1.07. The van der Waals surface area contributed by atoms with Crippen molar-refractivity contribution in [3.05, 3.63) is 35.2 Å². The van der Waals surface area contributed by atoms with Crippen molar-refractivity contribution in [3.8, 4) is 0 Å². The highest BCUT2D eigenvalue weighted by molar-refractivity contribution is 5.57. The molecule has 0 fully saturated rings. The van der Waals surface area contributed by atoms with Crippen LogP contribution in [-0.2, 0) is 0 Å². The van der Waals surface area contributed by atoms with Gasteiger partial charge in [-0.05, 0) is 17.3 Å². The summed E-state index contributed by atoms with van der Waals surface area (Å²) in [6, 6.07) is 9.30. The van der Waals surface area contributed by atoms with Gasteiger partial charge in [0.15, 0.2) is 6.34 Å². The maximum absolute atomic E-state index is 9.56. The van der Waals surface area contributed by atoms with E-state index in [0.29, 0.717) is 0 Å². The molecule has 11 heavy (non-hydrogen) atoms. The lowest BCUT2D eigenvalue weighted by Gasteiger charge is -1.95. The summed E-state index contributed by atoms with van der Waals surface area (Å²) in [4.78, 5) is 9.56. The van der Waals surface area contributed by atoms with Crippen molar-refractivity contribution < 1.29 is 0 Å². The summed E-state index contributed by atoms with van der Waals surface area (Å²) in [7, 11) is 0. The maximum Gasteiger partial charge on any atom is 0.180 e. The van der Waals surface area contributed by atoms with Gasteiger partial charge in [0.2, 0.25) is 0 Å². The maximum atomic E-state index is 9.56. The van der Waals surface area contributed by atoms with Gasteiger partial charge in [-0.15, -0.1) is 4.91 Å². The molecule has 1 N–H and O–H groups in total. The highest BCUT2D eigenvalue weighted by atomic mass is 16.3. The molecule has 0 saturated heterocycles. The van der Waals surface area contributed by atoms with E-state index in [-0.39, 0.29) is 0 Å². The van der Waals surface area contributed by atoms with E-state index in [9.17, 15) is 4.91 Å². The number of hydrazone groups is 1. The van der Waals surface area contributed by atoms with Crippen LogP contribution in [0.1, 0.15) is 0 Å². The normalized spacial score (nSPS) is 9.82. The summed E-state index contributed by atoms with van der Waals surface area (Å²) in [5.41, 5.74) is 3.45. The van der Waals surface area contributed by atoms with Crippen LogP contribution in [0.2, 0.25) is 0 Å². The molecule has 0 aliphatic rings. The van der Waals surface area contributed by atoms with E-state index in [1.165, 1.54) is 0 Å². The van der Waals surface area contributed by atoms with Crippen molar-refractivity contribution in [3.63, 3.8) is 0 Å². The molecule has 0 amide bonds. The number of nitrogens with zero attached hydrogens (tertiary/aromatic N) is 2. The minimum atomic E-state index is 0.826. The molecule has 56 valence electrons. The average Bonchev–Trinajstić information content (AvgIpc) is 2.07. The Bertz CT molecular complexity index is 245. The van der Waals surface area contributed by atoms with Crippen molar-refractivity contribution in [1.29, 1.82) is 0 Å². The molecule has 0 spiro atoms. The van der Waals surface area contributed by atoms with Crippen LogP contribution in [0.4, 0.5) is 5.69 Å². The molecule has 0 atom stereocenters. The minimum absolute atomic E-state index is 0.826. The SMILES string of the molecule is O=N/C=N/Nc1ccccc1. The highest BCUT2D eigenvalue weighted by Crippen LogP contribution is 2.03. The monoisotopic (exact) mass is 149 g/mol. The zero-order chi connectivity index (χ0) is 7.94. The van der Waals surface area contributed by atoms with Crippen LogP contribution in [0.5, 0.6) is 0 Å². The fourth-order valence-corrected chi connectivity index (χ4v) is 0.640. The fraction of sp³-hybridized carbons (Fsp3) is 0. The molecule has 1 rings (SSSR count). The van der Waals surface area contributed by atoms with E-state index in [2.05, 4.69) is 15.7 Å².